The highest BCUT2D eigenvalue weighted by molar-refractivity contribution is 5.87. The van der Waals surface area contributed by atoms with Crippen LogP contribution in [0.4, 0.5) is 5.82 Å². The van der Waals surface area contributed by atoms with Crippen molar-refractivity contribution in [3.8, 4) is 34.2 Å². The predicted molar refractivity (Wildman–Crippen MR) is 154 cm³/mol. The normalized spacial score (nSPS) is 22.0. The summed E-state index contributed by atoms with van der Waals surface area (Å²) < 4.78 is 8.72. The molecule has 206 valence electrons. The van der Waals surface area contributed by atoms with E-state index < -0.39 is 0 Å². The fourth-order valence-electron chi connectivity index (χ4n) is 6.38. The number of aryl methyl sites for hydroxylation is 1. The minimum Gasteiger partial charge on any atom is -0.481 e. The van der Waals surface area contributed by atoms with Gasteiger partial charge in [0.05, 0.1) is 36.6 Å². The van der Waals surface area contributed by atoms with Crippen LogP contribution in [0.1, 0.15) is 18.1 Å². The molecule has 2 N–H and O–H groups in total. The van der Waals surface area contributed by atoms with Crippen molar-refractivity contribution < 1.29 is 4.74 Å². The van der Waals surface area contributed by atoms with E-state index in [-0.39, 0.29) is 11.6 Å². The average molecular weight is 547 g/mol. The molecule has 7 rings (SSSR count). The van der Waals surface area contributed by atoms with E-state index in [4.69, 9.17) is 15.5 Å². The minimum absolute atomic E-state index is 0.160. The molecule has 0 radical (unpaired) electrons. The van der Waals surface area contributed by atoms with Gasteiger partial charge in [0.25, 0.3) is 0 Å². The zero-order valence-corrected chi connectivity index (χ0v) is 23.1. The molecular weight excluding hydrogens is 516 g/mol. The van der Waals surface area contributed by atoms with Gasteiger partial charge in [-0.15, -0.1) is 0 Å². The molecule has 2 saturated heterocycles. The molecule has 11 heteroatoms. The summed E-state index contributed by atoms with van der Waals surface area (Å²) >= 11 is 0. The SMILES string of the molecule is COc1ccc(CN2C[C@@](C)(N)[C@H]3[C@@H]2CN3c2ccc(-c3cc(-c4cnn(C)c4)cn4ncc(C#N)c34)cn2)cn1. The molecule has 0 spiro atoms. The summed E-state index contributed by atoms with van der Waals surface area (Å²) in [5.41, 5.74) is 12.6. The Kier molecular flexibility index (Phi) is 5.78. The van der Waals surface area contributed by atoms with Crippen molar-refractivity contribution >= 4 is 11.3 Å². The topological polar surface area (TPSA) is 126 Å². The highest BCUT2D eigenvalue weighted by Gasteiger charge is 2.57. The number of pyridine rings is 3. The summed E-state index contributed by atoms with van der Waals surface area (Å²) in [6, 6.07) is 12.9. The Hall–Kier alpha value is -4.79. The van der Waals surface area contributed by atoms with E-state index in [1.807, 2.05) is 50.2 Å². The lowest BCUT2D eigenvalue weighted by Gasteiger charge is -2.51. The van der Waals surface area contributed by atoms with Crippen LogP contribution in [-0.4, -0.2) is 72.1 Å². The largest absolute Gasteiger partial charge is 0.481 e. The van der Waals surface area contributed by atoms with Crippen LogP contribution in [0, 0.1) is 11.3 Å². The van der Waals surface area contributed by atoms with Gasteiger partial charge < -0.3 is 15.4 Å². The number of nitrogens with two attached hydrogens (primary N) is 1. The molecule has 2 fully saturated rings. The zero-order chi connectivity index (χ0) is 28.3. The molecule has 2 aliphatic heterocycles. The number of hydrogen-bond acceptors (Lipinski definition) is 9. The van der Waals surface area contributed by atoms with E-state index >= 15 is 0 Å². The Labute approximate surface area is 237 Å². The molecule has 5 aromatic rings. The number of hydrogen-bond donors (Lipinski definition) is 1. The van der Waals surface area contributed by atoms with Crippen molar-refractivity contribution in [3.63, 3.8) is 0 Å². The fraction of sp³-hybridized carbons (Fsp3) is 0.300. The second kappa shape index (κ2) is 9.40. The smallest absolute Gasteiger partial charge is 0.212 e. The molecule has 3 atom stereocenters. The molecule has 0 amide bonds. The second-order valence-electron chi connectivity index (χ2n) is 11.2. The van der Waals surface area contributed by atoms with Crippen molar-refractivity contribution in [1.82, 2.24) is 34.3 Å². The Morgan fingerprint density at radius 2 is 1.93 bits per heavy atom. The Balaban J connectivity index is 1.16. The third-order valence-electron chi connectivity index (χ3n) is 8.29. The maximum Gasteiger partial charge on any atom is 0.212 e. The first-order valence-corrected chi connectivity index (χ1v) is 13.5. The molecule has 5 aromatic heterocycles. The summed E-state index contributed by atoms with van der Waals surface area (Å²) in [7, 11) is 3.51. The maximum atomic E-state index is 9.75. The van der Waals surface area contributed by atoms with E-state index in [0.29, 0.717) is 17.5 Å². The van der Waals surface area contributed by atoms with Crippen LogP contribution in [0.2, 0.25) is 0 Å². The lowest BCUT2D eigenvalue weighted by Crippen LogP contribution is -2.69. The van der Waals surface area contributed by atoms with E-state index in [9.17, 15) is 5.26 Å². The zero-order valence-electron chi connectivity index (χ0n) is 23.1. The lowest BCUT2D eigenvalue weighted by atomic mass is 9.85. The third kappa shape index (κ3) is 4.20. The highest BCUT2D eigenvalue weighted by atomic mass is 16.5. The van der Waals surface area contributed by atoms with E-state index in [1.54, 1.807) is 22.5 Å². The van der Waals surface area contributed by atoms with E-state index in [2.05, 4.69) is 56.2 Å². The maximum absolute atomic E-state index is 9.75. The van der Waals surface area contributed by atoms with Crippen LogP contribution in [0.25, 0.3) is 27.8 Å². The molecule has 0 bridgehead atoms. The molecule has 0 saturated carbocycles. The molecule has 0 aliphatic carbocycles. The Bertz CT molecular complexity index is 1780. The number of aromatic nitrogens is 6. The van der Waals surface area contributed by atoms with Gasteiger partial charge in [0.1, 0.15) is 11.9 Å². The average Bonchev–Trinajstić information content (AvgIpc) is 3.62. The highest BCUT2D eigenvalue weighted by Crippen LogP contribution is 2.41. The molecule has 0 aromatic carbocycles. The van der Waals surface area contributed by atoms with Crippen LogP contribution in [0.3, 0.4) is 0 Å². The summed E-state index contributed by atoms with van der Waals surface area (Å²) in [4.78, 5) is 14.0. The van der Waals surface area contributed by atoms with Gasteiger partial charge in [-0.25, -0.2) is 14.5 Å². The standard InChI is InChI=1S/C30H30N10O/c1-30(32)18-38(14-19-4-7-27(41-3)34-10-19)25-17-39(29(25)30)26-6-5-20(11-33-26)24-8-21(23-13-35-37(2)15-23)16-40-28(24)22(9-31)12-36-40/h4-8,10-13,15-16,25,29H,14,17-18,32H2,1-3H3/t25-,29+,30+/m0/s1. The van der Waals surface area contributed by atoms with Gasteiger partial charge in [-0.2, -0.15) is 15.5 Å². The number of fused-ring (bicyclic) bond motifs is 2. The second-order valence-corrected chi connectivity index (χ2v) is 11.2. The number of methoxy groups -OCH3 is 1. The van der Waals surface area contributed by atoms with Crippen LogP contribution >= 0.6 is 0 Å². The van der Waals surface area contributed by atoms with Gasteiger partial charge in [-0.3, -0.25) is 9.58 Å². The van der Waals surface area contributed by atoms with E-state index in [1.165, 1.54) is 0 Å². The third-order valence-corrected chi connectivity index (χ3v) is 8.29. The van der Waals surface area contributed by atoms with Crippen molar-refractivity contribution in [2.24, 2.45) is 12.8 Å². The molecule has 2 aliphatic rings. The number of rotatable bonds is 6. The first-order chi connectivity index (χ1) is 19.8. The van der Waals surface area contributed by atoms with Gasteiger partial charge in [0, 0.05) is 91.4 Å². The summed E-state index contributed by atoms with van der Waals surface area (Å²) in [6.07, 6.45) is 11.1. The quantitative estimate of drug-likeness (QED) is 0.342. The van der Waals surface area contributed by atoms with Crippen LogP contribution < -0.4 is 15.4 Å². The van der Waals surface area contributed by atoms with Crippen molar-refractivity contribution in [2.75, 3.05) is 25.1 Å². The summed E-state index contributed by atoms with van der Waals surface area (Å²) in [5, 5.41) is 18.5. The van der Waals surface area contributed by atoms with Crippen LogP contribution in [0.5, 0.6) is 5.88 Å². The first-order valence-electron chi connectivity index (χ1n) is 13.5. The van der Waals surface area contributed by atoms with Gasteiger partial charge >= 0.3 is 0 Å². The molecule has 0 unspecified atom stereocenters. The van der Waals surface area contributed by atoms with Crippen molar-refractivity contribution in [3.05, 3.63) is 78.6 Å². The Morgan fingerprint density at radius 1 is 1.05 bits per heavy atom. The van der Waals surface area contributed by atoms with E-state index in [0.717, 1.165) is 58.8 Å². The van der Waals surface area contributed by atoms with Crippen molar-refractivity contribution in [1.29, 1.82) is 5.26 Å². The molecular formula is C30H30N10O. The summed E-state index contributed by atoms with van der Waals surface area (Å²) in [5.74, 6) is 1.51. The van der Waals surface area contributed by atoms with Crippen molar-refractivity contribution in [2.45, 2.75) is 31.1 Å². The monoisotopic (exact) mass is 546 g/mol. The van der Waals surface area contributed by atoms with Gasteiger partial charge in [-0.05, 0) is 30.7 Å². The number of ether oxygens (including phenoxy) is 1. The van der Waals surface area contributed by atoms with Gasteiger partial charge in [0.2, 0.25) is 5.88 Å². The van der Waals surface area contributed by atoms with Crippen LogP contribution in [0.15, 0.2) is 67.5 Å². The summed E-state index contributed by atoms with van der Waals surface area (Å²) in [6.45, 7) is 4.57. The number of nitriles is 1. The number of nitrogens with zero attached hydrogens (tertiary/aromatic N) is 9. The lowest BCUT2D eigenvalue weighted by molar-refractivity contribution is 0.193. The van der Waals surface area contributed by atoms with Gasteiger partial charge in [-0.1, -0.05) is 6.07 Å². The Morgan fingerprint density at radius 3 is 2.61 bits per heavy atom. The fourth-order valence-corrected chi connectivity index (χ4v) is 6.38. The molecule has 11 nitrogen and oxygen atoms in total. The van der Waals surface area contributed by atoms with Crippen LogP contribution in [-0.2, 0) is 13.6 Å². The molecule has 7 heterocycles. The minimum atomic E-state index is -0.382. The van der Waals surface area contributed by atoms with Gasteiger partial charge in [0.15, 0.2) is 0 Å². The molecule has 41 heavy (non-hydrogen) atoms. The first kappa shape index (κ1) is 25.2. The predicted octanol–water partition coefficient (Wildman–Crippen LogP) is 2.86. The number of likely N-dealkylation sites (tertiary alicyclic amines) is 1. The number of anilines is 1.